The first-order chi connectivity index (χ1) is 14.2. The number of carbonyl (C=O) groups excluding carboxylic acids is 2. The molecule has 6 nitrogen and oxygen atoms in total. The van der Waals surface area contributed by atoms with E-state index >= 15 is 0 Å². The lowest BCUT2D eigenvalue weighted by Crippen LogP contribution is -2.18. The van der Waals surface area contributed by atoms with Crippen molar-refractivity contribution >= 4 is 39.7 Å². The van der Waals surface area contributed by atoms with Crippen molar-refractivity contribution in [3.8, 4) is 11.5 Å². The number of Topliss-reactive ketones (excluding diaryl/α,β-unsaturated/α-hetero) is 1. The van der Waals surface area contributed by atoms with Gasteiger partial charge in [0.2, 0.25) is 0 Å². The average molecular weight is 430 g/mol. The molecule has 0 saturated heterocycles. The highest BCUT2D eigenvalue weighted by molar-refractivity contribution is 8.38. The Hall–Kier alpha value is -2.45. The number of nitrogens with zero attached hydrogens (tertiary/aromatic N) is 1. The molecular formula is C21H19NO5S2. The Bertz CT molecular complexity index is 960. The van der Waals surface area contributed by atoms with Crippen molar-refractivity contribution in [2.45, 2.75) is 5.75 Å². The summed E-state index contributed by atoms with van der Waals surface area (Å²) in [5.41, 5.74) is 1.75. The van der Waals surface area contributed by atoms with Crippen molar-refractivity contribution in [2.75, 3.05) is 32.1 Å². The highest BCUT2D eigenvalue weighted by Gasteiger charge is 2.18. The minimum Gasteiger partial charge on any atom is -0.486 e. The Balaban J connectivity index is 1.37. The van der Waals surface area contributed by atoms with Gasteiger partial charge in [-0.2, -0.15) is 0 Å². The highest BCUT2D eigenvalue weighted by Crippen LogP contribution is 2.31. The van der Waals surface area contributed by atoms with E-state index in [4.69, 9.17) is 14.2 Å². The van der Waals surface area contributed by atoms with Gasteiger partial charge in [0.15, 0.2) is 23.9 Å². The Labute approximate surface area is 177 Å². The number of thioether (sulfide) groups is 2. The molecule has 0 fully saturated rings. The first-order valence-electron chi connectivity index (χ1n) is 9.18. The average Bonchev–Trinajstić information content (AvgIpc) is 3.29. The summed E-state index contributed by atoms with van der Waals surface area (Å²) >= 11 is 3.35. The van der Waals surface area contributed by atoms with Crippen LogP contribution in [0.25, 0.3) is 0 Å². The molecule has 0 unspecified atom stereocenters. The van der Waals surface area contributed by atoms with E-state index < -0.39 is 5.97 Å². The number of hydrogen-bond donors (Lipinski definition) is 0. The van der Waals surface area contributed by atoms with Crippen LogP contribution in [0.3, 0.4) is 0 Å². The molecule has 0 aromatic heterocycles. The van der Waals surface area contributed by atoms with Crippen molar-refractivity contribution in [3.05, 3.63) is 59.2 Å². The molecule has 8 heteroatoms. The van der Waals surface area contributed by atoms with E-state index in [0.29, 0.717) is 41.6 Å². The predicted molar refractivity (Wildman–Crippen MR) is 115 cm³/mol. The van der Waals surface area contributed by atoms with Crippen molar-refractivity contribution in [1.29, 1.82) is 0 Å². The van der Waals surface area contributed by atoms with Crippen LogP contribution in [0, 0.1) is 0 Å². The third kappa shape index (κ3) is 4.94. The summed E-state index contributed by atoms with van der Waals surface area (Å²) in [7, 11) is 0. The third-order valence-electron chi connectivity index (χ3n) is 4.34. The third-order valence-corrected chi connectivity index (χ3v) is 6.65. The fraction of sp³-hybridized carbons (Fsp3) is 0.286. The van der Waals surface area contributed by atoms with Gasteiger partial charge in [0.1, 0.15) is 17.6 Å². The van der Waals surface area contributed by atoms with Gasteiger partial charge in [-0.15, -0.1) is 0 Å². The standard InChI is InChI=1S/C21H19NO5S2/c23-17(14-5-6-18-19(11-14)26-9-8-25-18)12-27-20(24)16-4-2-1-3-15(16)13-29-21-22-7-10-28-21/h1-6,11H,7-10,12-13H2. The normalized spacial score (nSPS) is 15.0. The Kier molecular flexibility index (Phi) is 6.41. The zero-order valence-electron chi connectivity index (χ0n) is 15.6. The van der Waals surface area contributed by atoms with Gasteiger partial charge in [-0.3, -0.25) is 9.79 Å². The molecule has 29 heavy (non-hydrogen) atoms. The topological polar surface area (TPSA) is 74.2 Å². The zero-order valence-corrected chi connectivity index (χ0v) is 17.2. The van der Waals surface area contributed by atoms with Crippen molar-refractivity contribution in [2.24, 2.45) is 4.99 Å². The summed E-state index contributed by atoms with van der Waals surface area (Å²) in [6.45, 7) is 1.45. The van der Waals surface area contributed by atoms with Crippen LogP contribution in [-0.4, -0.2) is 48.2 Å². The van der Waals surface area contributed by atoms with E-state index in [1.165, 1.54) is 0 Å². The van der Waals surface area contributed by atoms with Crippen LogP contribution in [-0.2, 0) is 10.5 Å². The summed E-state index contributed by atoms with van der Waals surface area (Å²) in [5.74, 6) is 1.98. The van der Waals surface area contributed by atoms with E-state index in [1.807, 2.05) is 12.1 Å². The number of carbonyl (C=O) groups is 2. The minimum atomic E-state index is -0.506. The van der Waals surface area contributed by atoms with Crippen molar-refractivity contribution in [3.63, 3.8) is 0 Å². The van der Waals surface area contributed by atoms with Crippen LogP contribution in [0.4, 0.5) is 0 Å². The molecule has 2 aromatic rings. The summed E-state index contributed by atoms with van der Waals surface area (Å²) in [6.07, 6.45) is 0. The smallest absolute Gasteiger partial charge is 0.338 e. The summed E-state index contributed by atoms with van der Waals surface area (Å²) in [4.78, 5) is 29.4. The van der Waals surface area contributed by atoms with E-state index in [1.54, 1.807) is 53.9 Å². The number of fused-ring (bicyclic) bond motifs is 1. The second-order valence-electron chi connectivity index (χ2n) is 6.30. The fourth-order valence-corrected chi connectivity index (χ4v) is 4.91. The number of aliphatic imine (C=N–C) groups is 1. The van der Waals surface area contributed by atoms with E-state index in [9.17, 15) is 9.59 Å². The lowest BCUT2D eigenvalue weighted by Gasteiger charge is -2.18. The molecule has 0 bridgehead atoms. The number of ketones is 1. The molecule has 4 rings (SSSR count). The second kappa shape index (κ2) is 9.37. The molecule has 0 N–H and O–H groups in total. The summed E-state index contributed by atoms with van der Waals surface area (Å²) < 4.78 is 17.3. The van der Waals surface area contributed by atoms with Crippen LogP contribution in [0.15, 0.2) is 47.5 Å². The van der Waals surface area contributed by atoms with Gasteiger partial charge in [0.05, 0.1) is 12.1 Å². The Morgan fingerprint density at radius 1 is 1.10 bits per heavy atom. The van der Waals surface area contributed by atoms with Crippen LogP contribution >= 0.6 is 23.5 Å². The molecule has 0 radical (unpaired) electrons. The SMILES string of the molecule is O=C(COC(=O)c1ccccc1CSC1=NCCS1)c1ccc2c(c1)OCCO2. The molecule has 2 aromatic carbocycles. The molecule has 0 amide bonds. The molecule has 0 saturated carbocycles. The molecule has 0 spiro atoms. The lowest BCUT2D eigenvalue weighted by atomic mass is 10.1. The molecular weight excluding hydrogens is 410 g/mol. The predicted octanol–water partition coefficient (Wildman–Crippen LogP) is 3.83. The Morgan fingerprint density at radius 2 is 1.93 bits per heavy atom. The Morgan fingerprint density at radius 3 is 2.76 bits per heavy atom. The first-order valence-corrected chi connectivity index (χ1v) is 11.2. The van der Waals surface area contributed by atoms with E-state index in [-0.39, 0.29) is 12.4 Å². The largest absolute Gasteiger partial charge is 0.486 e. The monoisotopic (exact) mass is 429 g/mol. The maximum atomic E-state index is 12.6. The van der Waals surface area contributed by atoms with Gasteiger partial charge < -0.3 is 14.2 Å². The maximum absolute atomic E-state index is 12.6. The number of benzene rings is 2. The summed E-state index contributed by atoms with van der Waals surface area (Å²) in [6, 6.07) is 12.2. The van der Waals surface area contributed by atoms with Gasteiger partial charge in [-0.05, 0) is 29.8 Å². The molecule has 2 heterocycles. The molecule has 150 valence electrons. The van der Waals surface area contributed by atoms with Crippen LogP contribution in [0.1, 0.15) is 26.3 Å². The highest BCUT2D eigenvalue weighted by atomic mass is 32.2. The van der Waals surface area contributed by atoms with Gasteiger partial charge in [-0.1, -0.05) is 41.7 Å². The molecule has 0 atom stereocenters. The zero-order chi connectivity index (χ0) is 20.1. The van der Waals surface area contributed by atoms with E-state index in [0.717, 1.165) is 22.2 Å². The van der Waals surface area contributed by atoms with Crippen molar-refractivity contribution < 1.29 is 23.8 Å². The molecule has 2 aliphatic rings. The number of esters is 1. The quantitative estimate of drug-likeness (QED) is 0.510. The van der Waals surface area contributed by atoms with Gasteiger partial charge in [0, 0.05) is 17.1 Å². The summed E-state index contributed by atoms with van der Waals surface area (Å²) in [5, 5.41) is 0. The van der Waals surface area contributed by atoms with E-state index in [2.05, 4.69) is 4.99 Å². The first kappa shape index (κ1) is 19.8. The van der Waals surface area contributed by atoms with Gasteiger partial charge >= 0.3 is 5.97 Å². The maximum Gasteiger partial charge on any atom is 0.338 e. The number of ether oxygens (including phenoxy) is 3. The molecule has 0 aliphatic carbocycles. The molecule has 2 aliphatic heterocycles. The van der Waals surface area contributed by atoms with Gasteiger partial charge in [0.25, 0.3) is 0 Å². The van der Waals surface area contributed by atoms with Crippen LogP contribution < -0.4 is 9.47 Å². The second-order valence-corrected chi connectivity index (χ2v) is 8.61. The minimum absolute atomic E-state index is 0.293. The van der Waals surface area contributed by atoms with Crippen LogP contribution in [0.2, 0.25) is 0 Å². The fourth-order valence-electron chi connectivity index (χ4n) is 2.90. The number of hydrogen-bond acceptors (Lipinski definition) is 8. The number of rotatable bonds is 6. The van der Waals surface area contributed by atoms with Crippen molar-refractivity contribution in [1.82, 2.24) is 0 Å². The van der Waals surface area contributed by atoms with Gasteiger partial charge in [-0.25, -0.2) is 4.79 Å². The lowest BCUT2D eigenvalue weighted by molar-refractivity contribution is 0.0473. The van der Waals surface area contributed by atoms with Crippen LogP contribution in [0.5, 0.6) is 11.5 Å².